The van der Waals surface area contributed by atoms with Crippen molar-refractivity contribution >= 4 is 5.78 Å². The second-order valence-electron chi connectivity index (χ2n) is 6.10. The molecule has 5 rings (SSSR count). The molecular formula is C16H16N2O3. The van der Waals surface area contributed by atoms with E-state index in [0.717, 1.165) is 17.8 Å². The third kappa shape index (κ3) is 1.50. The molecule has 0 aromatic rings. The van der Waals surface area contributed by atoms with Crippen LogP contribution in [0.25, 0.3) is 0 Å². The molecule has 21 heavy (non-hydrogen) atoms. The maximum absolute atomic E-state index is 12.0. The van der Waals surface area contributed by atoms with Gasteiger partial charge in [0.25, 0.3) is 0 Å². The van der Waals surface area contributed by atoms with Crippen molar-refractivity contribution in [1.29, 1.82) is 0 Å². The Labute approximate surface area is 122 Å². The summed E-state index contributed by atoms with van der Waals surface area (Å²) in [7, 11) is 0. The molecule has 5 aliphatic rings. The normalized spacial score (nSPS) is 42.6. The fourth-order valence-corrected chi connectivity index (χ4v) is 4.20. The third-order valence-corrected chi connectivity index (χ3v) is 5.10. The van der Waals surface area contributed by atoms with Crippen LogP contribution in [0.1, 0.15) is 0 Å². The molecule has 2 fully saturated rings. The first-order chi connectivity index (χ1) is 10.3. The molecule has 1 aliphatic carbocycles. The fraction of sp³-hybridized carbons (Fsp3) is 0.438. The van der Waals surface area contributed by atoms with Crippen molar-refractivity contribution in [3.05, 3.63) is 47.9 Å². The number of ether oxygens (including phenoxy) is 2. The Morgan fingerprint density at radius 3 is 3.14 bits per heavy atom. The Morgan fingerprint density at radius 2 is 2.19 bits per heavy atom. The molecule has 5 unspecified atom stereocenters. The average Bonchev–Trinajstić information content (AvgIpc) is 2.90. The highest BCUT2D eigenvalue weighted by Gasteiger charge is 2.52. The summed E-state index contributed by atoms with van der Waals surface area (Å²) < 4.78 is 11.4. The summed E-state index contributed by atoms with van der Waals surface area (Å²) >= 11 is 0. The predicted molar refractivity (Wildman–Crippen MR) is 75.0 cm³/mol. The van der Waals surface area contributed by atoms with Crippen molar-refractivity contribution in [3.8, 4) is 0 Å². The summed E-state index contributed by atoms with van der Waals surface area (Å²) in [5.41, 5.74) is 2.00. The lowest BCUT2D eigenvalue weighted by molar-refractivity contribution is -0.168. The minimum atomic E-state index is -0.457. The third-order valence-electron chi connectivity index (χ3n) is 5.10. The minimum absolute atomic E-state index is 0.0219. The van der Waals surface area contributed by atoms with E-state index in [1.165, 1.54) is 0 Å². The van der Waals surface area contributed by atoms with E-state index in [0.29, 0.717) is 18.0 Å². The van der Waals surface area contributed by atoms with E-state index in [9.17, 15) is 4.79 Å². The van der Waals surface area contributed by atoms with Gasteiger partial charge in [-0.05, 0) is 24.4 Å². The highest BCUT2D eigenvalue weighted by molar-refractivity contribution is 5.98. The number of nitrogens with zero attached hydrogens (tertiary/aromatic N) is 1. The van der Waals surface area contributed by atoms with Gasteiger partial charge >= 0.3 is 0 Å². The van der Waals surface area contributed by atoms with Gasteiger partial charge in [-0.2, -0.15) is 0 Å². The molecule has 0 amide bonds. The maximum Gasteiger partial charge on any atom is 0.188 e. The van der Waals surface area contributed by atoms with Crippen LogP contribution in [0.5, 0.6) is 0 Å². The highest BCUT2D eigenvalue weighted by Crippen LogP contribution is 2.42. The van der Waals surface area contributed by atoms with Crippen LogP contribution in [0.4, 0.5) is 0 Å². The number of carbonyl (C=O) groups is 1. The summed E-state index contributed by atoms with van der Waals surface area (Å²) in [4.78, 5) is 14.4. The zero-order chi connectivity index (χ0) is 14.0. The Balaban J connectivity index is 1.58. The van der Waals surface area contributed by atoms with Crippen LogP contribution < -0.4 is 5.32 Å². The van der Waals surface area contributed by atoms with Gasteiger partial charge in [-0.15, -0.1) is 0 Å². The van der Waals surface area contributed by atoms with Gasteiger partial charge in [-0.1, -0.05) is 12.2 Å². The van der Waals surface area contributed by atoms with Gasteiger partial charge in [-0.3, -0.25) is 4.79 Å². The standard InChI is InChI=1S/C16H16N2O3/c19-12-5-4-10-13-15(20-8-21-16(12)13)9-7-18-6-2-1-3-11(18)14(9)17-10/h1-6,9,11,14-17H,7-8H2. The monoisotopic (exact) mass is 284 g/mol. The number of allylic oxidation sites excluding steroid dienone is 3. The lowest BCUT2D eigenvalue weighted by atomic mass is 9.79. The lowest BCUT2D eigenvalue weighted by Crippen LogP contribution is -2.56. The van der Waals surface area contributed by atoms with Gasteiger partial charge in [0.2, 0.25) is 0 Å². The Hall–Kier alpha value is -1.85. The molecule has 5 atom stereocenters. The summed E-state index contributed by atoms with van der Waals surface area (Å²) in [5, 5.41) is 3.62. The number of fused-ring (bicyclic) bond motifs is 4. The molecule has 5 nitrogen and oxygen atoms in total. The van der Waals surface area contributed by atoms with E-state index in [4.69, 9.17) is 9.47 Å². The smallest absolute Gasteiger partial charge is 0.188 e. The maximum atomic E-state index is 12.0. The Bertz CT molecular complexity index is 633. The first-order valence-corrected chi connectivity index (χ1v) is 7.39. The molecule has 0 aromatic carbocycles. The van der Waals surface area contributed by atoms with Crippen LogP contribution in [0, 0.1) is 5.92 Å². The Kier molecular flexibility index (Phi) is 2.29. The first kappa shape index (κ1) is 11.8. The van der Waals surface area contributed by atoms with Gasteiger partial charge in [0.05, 0.1) is 18.2 Å². The van der Waals surface area contributed by atoms with E-state index in [1.807, 2.05) is 6.08 Å². The van der Waals surface area contributed by atoms with Crippen LogP contribution in [0.3, 0.4) is 0 Å². The zero-order valence-corrected chi connectivity index (χ0v) is 11.4. The number of ketones is 1. The molecule has 0 spiro atoms. The van der Waals surface area contributed by atoms with Gasteiger partial charge in [0.1, 0.15) is 12.9 Å². The van der Waals surface area contributed by atoms with E-state index in [2.05, 4.69) is 34.6 Å². The summed E-state index contributed by atoms with van der Waals surface area (Å²) in [6, 6.07) is 0.663. The number of hydrogen-bond donors (Lipinski definition) is 1. The molecule has 0 bridgehead atoms. The molecule has 108 valence electrons. The number of rotatable bonds is 0. The van der Waals surface area contributed by atoms with Crippen molar-refractivity contribution in [3.63, 3.8) is 0 Å². The van der Waals surface area contributed by atoms with Crippen molar-refractivity contribution in [2.24, 2.45) is 5.92 Å². The molecule has 0 radical (unpaired) electrons. The van der Waals surface area contributed by atoms with Crippen LogP contribution in [-0.4, -0.2) is 48.3 Å². The quantitative estimate of drug-likeness (QED) is 0.701. The molecule has 4 aliphatic heterocycles. The second-order valence-corrected chi connectivity index (χ2v) is 6.10. The zero-order valence-electron chi connectivity index (χ0n) is 11.4. The van der Waals surface area contributed by atoms with Crippen molar-refractivity contribution in [2.45, 2.75) is 24.3 Å². The first-order valence-electron chi connectivity index (χ1n) is 7.39. The molecule has 5 heteroatoms. The summed E-state index contributed by atoms with van der Waals surface area (Å²) in [5.74, 6) is 0.365. The van der Waals surface area contributed by atoms with E-state index >= 15 is 0 Å². The number of carbonyl (C=O) groups excluding carboxylic acids is 1. The largest absolute Gasteiger partial charge is 0.379 e. The van der Waals surface area contributed by atoms with E-state index < -0.39 is 6.10 Å². The van der Waals surface area contributed by atoms with Gasteiger partial charge < -0.3 is 19.7 Å². The lowest BCUT2D eigenvalue weighted by Gasteiger charge is -2.44. The van der Waals surface area contributed by atoms with Gasteiger partial charge in [-0.25, -0.2) is 0 Å². The van der Waals surface area contributed by atoms with Crippen molar-refractivity contribution < 1.29 is 14.3 Å². The van der Waals surface area contributed by atoms with Crippen molar-refractivity contribution in [1.82, 2.24) is 10.2 Å². The highest BCUT2D eigenvalue weighted by atomic mass is 16.7. The molecule has 2 saturated heterocycles. The SMILES string of the molecule is O=C1C=CC2=C3C1OCOC3C1CN3C=CC=CC3C1N2. The van der Waals surface area contributed by atoms with Crippen LogP contribution in [0.15, 0.2) is 47.9 Å². The van der Waals surface area contributed by atoms with Crippen molar-refractivity contribution in [2.75, 3.05) is 13.3 Å². The van der Waals surface area contributed by atoms with Crippen LogP contribution in [0.2, 0.25) is 0 Å². The molecule has 0 saturated carbocycles. The minimum Gasteiger partial charge on any atom is -0.379 e. The van der Waals surface area contributed by atoms with E-state index in [-0.39, 0.29) is 18.7 Å². The fourth-order valence-electron chi connectivity index (χ4n) is 4.20. The van der Waals surface area contributed by atoms with Crippen LogP contribution >= 0.6 is 0 Å². The molecule has 4 heterocycles. The average molecular weight is 284 g/mol. The number of nitrogens with one attached hydrogen (secondary N) is 1. The number of hydrogen-bond acceptors (Lipinski definition) is 5. The topological polar surface area (TPSA) is 50.8 Å². The Morgan fingerprint density at radius 1 is 1.24 bits per heavy atom. The van der Waals surface area contributed by atoms with Gasteiger partial charge in [0.15, 0.2) is 5.78 Å². The predicted octanol–water partition coefficient (Wildman–Crippen LogP) is 0.477. The summed E-state index contributed by atoms with van der Waals surface area (Å²) in [6.07, 6.45) is 11.6. The van der Waals surface area contributed by atoms with Gasteiger partial charge in [0, 0.05) is 23.7 Å². The molecule has 1 N–H and O–H groups in total. The molecular weight excluding hydrogens is 268 g/mol. The second kappa shape index (κ2) is 4.08. The molecule has 0 aromatic heterocycles. The summed E-state index contributed by atoms with van der Waals surface area (Å²) in [6.45, 7) is 1.14. The van der Waals surface area contributed by atoms with E-state index in [1.54, 1.807) is 6.08 Å². The van der Waals surface area contributed by atoms with Crippen LogP contribution in [-0.2, 0) is 14.3 Å².